The molecule has 130 valence electrons. The van der Waals surface area contributed by atoms with E-state index in [-0.39, 0.29) is 23.7 Å². The van der Waals surface area contributed by atoms with Crippen LogP contribution in [0.4, 0.5) is 0 Å². The van der Waals surface area contributed by atoms with Crippen LogP contribution in [0.15, 0.2) is 4.34 Å². The van der Waals surface area contributed by atoms with Crippen molar-refractivity contribution in [2.75, 3.05) is 12.3 Å². The SMILES string of the molecule is CC[C@@]1(C(=O)NCCCSc2nnc(C)s2)C[C@@H]2CC[C@H]1N2.Cl. The number of amides is 1. The third-order valence-electron chi connectivity index (χ3n) is 4.94. The molecule has 0 spiro atoms. The number of hydrogen-bond donors (Lipinski definition) is 2. The van der Waals surface area contributed by atoms with Crippen LogP contribution in [0.5, 0.6) is 0 Å². The maximum atomic E-state index is 12.6. The predicted molar refractivity (Wildman–Crippen MR) is 97.5 cm³/mol. The molecule has 3 heterocycles. The van der Waals surface area contributed by atoms with Crippen molar-refractivity contribution in [1.82, 2.24) is 20.8 Å². The molecule has 3 rings (SSSR count). The molecule has 23 heavy (non-hydrogen) atoms. The van der Waals surface area contributed by atoms with Crippen LogP contribution in [-0.2, 0) is 4.79 Å². The second-order valence-corrected chi connectivity index (χ2v) is 8.78. The summed E-state index contributed by atoms with van der Waals surface area (Å²) in [5.74, 6) is 1.23. The first-order valence-electron chi connectivity index (χ1n) is 8.11. The number of fused-ring (bicyclic) bond motifs is 2. The Bertz CT molecular complexity index is 541. The van der Waals surface area contributed by atoms with Crippen LogP contribution >= 0.6 is 35.5 Å². The molecule has 0 radical (unpaired) electrons. The van der Waals surface area contributed by atoms with Gasteiger partial charge < -0.3 is 10.6 Å². The number of rotatable bonds is 7. The Morgan fingerprint density at radius 3 is 2.87 bits per heavy atom. The van der Waals surface area contributed by atoms with Gasteiger partial charge in [0.2, 0.25) is 5.91 Å². The van der Waals surface area contributed by atoms with Crippen LogP contribution in [0, 0.1) is 12.3 Å². The second-order valence-electron chi connectivity index (χ2n) is 6.25. The van der Waals surface area contributed by atoms with Gasteiger partial charge in [-0.25, -0.2) is 0 Å². The normalized spacial score (nSPS) is 28.6. The van der Waals surface area contributed by atoms with E-state index in [1.807, 2.05) is 6.92 Å². The van der Waals surface area contributed by atoms with Gasteiger partial charge >= 0.3 is 0 Å². The maximum absolute atomic E-state index is 12.6. The molecule has 8 heteroatoms. The zero-order valence-corrected chi connectivity index (χ0v) is 16.1. The first kappa shape index (κ1) is 19.0. The van der Waals surface area contributed by atoms with Crippen LogP contribution in [0.1, 0.15) is 44.0 Å². The van der Waals surface area contributed by atoms with E-state index in [0.717, 1.165) is 47.3 Å². The van der Waals surface area contributed by atoms with Crippen molar-refractivity contribution >= 4 is 41.4 Å². The first-order valence-corrected chi connectivity index (χ1v) is 9.91. The Morgan fingerprint density at radius 2 is 2.30 bits per heavy atom. The summed E-state index contributed by atoms with van der Waals surface area (Å²) in [6, 6.07) is 0.952. The first-order chi connectivity index (χ1) is 10.6. The summed E-state index contributed by atoms with van der Waals surface area (Å²) in [6.07, 6.45) is 5.30. The highest BCUT2D eigenvalue weighted by atomic mass is 35.5. The smallest absolute Gasteiger partial charge is 0.227 e. The van der Waals surface area contributed by atoms with E-state index in [0.29, 0.717) is 12.1 Å². The summed E-state index contributed by atoms with van der Waals surface area (Å²) >= 11 is 3.35. The summed E-state index contributed by atoms with van der Waals surface area (Å²) in [5, 5.41) is 15.9. The Labute approximate surface area is 152 Å². The number of carbonyl (C=O) groups excluding carboxylic acids is 1. The van der Waals surface area contributed by atoms with Crippen LogP contribution < -0.4 is 10.6 Å². The summed E-state index contributed by atoms with van der Waals surface area (Å²) < 4.78 is 1.02. The Balaban J connectivity index is 0.00000192. The molecular formula is C15H25ClN4OS2. The van der Waals surface area contributed by atoms with Crippen molar-refractivity contribution < 1.29 is 4.79 Å². The van der Waals surface area contributed by atoms with Crippen molar-refractivity contribution in [1.29, 1.82) is 0 Å². The van der Waals surface area contributed by atoms with E-state index in [2.05, 4.69) is 27.8 Å². The molecule has 2 bridgehead atoms. The largest absolute Gasteiger partial charge is 0.356 e. The molecule has 0 aliphatic carbocycles. The van der Waals surface area contributed by atoms with E-state index in [1.165, 1.54) is 6.42 Å². The number of halogens is 1. The Morgan fingerprint density at radius 1 is 1.48 bits per heavy atom. The van der Waals surface area contributed by atoms with Crippen molar-refractivity contribution in [3.63, 3.8) is 0 Å². The third-order valence-corrected chi connectivity index (χ3v) is 7.00. The number of aryl methyl sites for hydroxylation is 1. The fourth-order valence-electron chi connectivity index (χ4n) is 3.75. The lowest BCUT2D eigenvalue weighted by atomic mass is 9.71. The maximum Gasteiger partial charge on any atom is 0.227 e. The predicted octanol–water partition coefficient (Wildman–Crippen LogP) is 2.79. The monoisotopic (exact) mass is 376 g/mol. The number of nitrogens with zero attached hydrogens (tertiary/aromatic N) is 2. The van der Waals surface area contributed by atoms with Gasteiger partial charge in [0.1, 0.15) is 5.01 Å². The average Bonchev–Trinajstić information content (AvgIpc) is 3.22. The highest BCUT2D eigenvalue weighted by Gasteiger charge is 2.54. The summed E-state index contributed by atoms with van der Waals surface area (Å²) in [4.78, 5) is 12.6. The lowest BCUT2D eigenvalue weighted by molar-refractivity contribution is -0.132. The lowest BCUT2D eigenvalue weighted by Gasteiger charge is -2.34. The molecule has 1 aromatic heterocycles. The summed E-state index contributed by atoms with van der Waals surface area (Å²) in [7, 11) is 0. The number of hydrogen-bond acceptors (Lipinski definition) is 6. The average molecular weight is 377 g/mol. The fourth-order valence-corrected chi connectivity index (χ4v) is 5.57. The molecule has 0 saturated carbocycles. The van der Waals surface area contributed by atoms with E-state index < -0.39 is 0 Å². The van der Waals surface area contributed by atoms with Gasteiger partial charge in [0.05, 0.1) is 5.41 Å². The Kier molecular flexibility index (Phi) is 6.71. The molecule has 1 amide bonds. The standard InChI is InChI=1S/C15H24N4OS2.ClH/c1-3-15(9-11-5-6-12(15)17-11)13(20)16-7-4-8-21-14-19-18-10(2)22-14;/h11-12,17H,3-9H2,1-2H3,(H,16,20);1H/t11-,12+,15+;/m0./s1. The molecule has 0 unspecified atom stereocenters. The van der Waals surface area contributed by atoms with Crippen molar-refractivity contribution in [2.45, 2.75) is 62.4 Å². The Hall–Kier alpha value is -0.370. The molecular weight excluding hydrogens is 352 g/mol. The zero-order chi connectivity index (χ0) is 15.6. The van der Waals surface area contributed by atoms with Gasteiger partial charge in [-0.3, -0.25) is 4.79 Å². The molecule has 2 N–H and O–H groups in total. The number of thioether (sulfide) groups is 1. The molecule has 1 aromatic rings. The molecule has 2 aliphatic rings. The molecule has 0 aromatic carbocycles. The van der Waals surface area contributed by atoms with Gasteiger partial charge in [0.15, 0.2) is 4.34 Å². The van der Waals surface area contributed by atoms with E-state index in [1.54, 1.807) is 23.1 Å². The van der Waals surface area contributed by atoms with Gasteiger partial charge in [-0.1, -0.05) is 30.0 Å². The second kappa shape index (κ2) is 8.14. The van der Waals surface area contributed by atoms with Crippen molar-refractivity contribution in [3.8, 4) is 0 Å². The van der Waals surface area contributed by atoms with Gasteiger partial charge in [0.25, 0.3) is 0 Å². The van der Waals surface area contributed by atoms with Crippen LogP contribution in [0.25, 0.3) is 0 Å². The molecule has 2 fully saturated rings. The van der Waals surface area contributed by atoms with Crippen LogP contribution in [-0.4, -0.2) is 40.5 Å². The van der Waals surface area contributed by atoms with E-state index >= 15 is 0 Å². The minimum Gasteiger partial charge on any atom is -0.356 e. The van der Waals surface area contributed by atoms with Gasteiger partial charge in [-0.2, -0.15) is 0 Å². The van der Waals surface area contributed by atoms with Crippen LogP contribution in [0.2, 0.25) is 0 Å². The van der Waals surface area contributed by atoms with Crippen LogP contribution in [0.3, 0.4) is 0 Å². The molecule has 3 atom stereocenters. The minimum atomic E-state index is -0.160. The summed E-state index contributed by atoms with van der Waals surface area (Å²) in [5.41, 5.74) is -0.160. The molecule has 2 aliphatic heterocycles. The summed E-state index contributed by atoms with van der Waals surface area (Å²) in [6.45, 7) is 4.87. The quantitative estimate of drug-likeness (QED) is 0.565. The third kappa shape index (κ3) is 4.00. The highest BCUT2D eigenvalue weighted by Crippen LogP contribution is 2.45. The molecule has 5 nitrogen and oxygen atoms in total. The van der Waals surface area contributed by atoms with E-state index in [4.69, 9.17) is 0 Å². The number of carbonyl (C=O) groups is 1. The van der Waals surface area contributed by atoms with Crippen molar-refractivity contribution in [3.05, 3.63) is 5.01 Å². The van der Waals surface area contributed by atoms with Crippen molar-refractivity contribution in [2.24, 2.45) is 5.41 Å². The topological polar surface area (TPSA) is 66.9 Å². The fraction of sp³-hybridized carbons (Fsp3) is 0.800. The lowest BCUT2D eigenvalue weighted by Crippen LogP contribution is -2.48. The minimum absolute atomic E-state index is 0. The van der Waals surface area contributed by atoms with Gasteiger partial charge in [0, 0.05) is 24.4 Å². The zero-order valence-electron chi connectivity index (χ0n) is 13.6. The van der Waals surface area contributed by atoms with Gasteiger partial charge in [-0.05, 0) is 39.0 Å². The molecule has 2 saturated heterocycles. The van der Waals surface area contributed by atoms with Gasteiger partial charge in [-0.15, -0.1) is 22.6 Å². The highest BCUT2D eigenvalue weighted by molar-refractivity contribution is 8.01. The van der Waals surface area contributed by atoms with E-state index in [9.17, 15) is 4.79 Å². The number of nitrogens with one attached hydrogen (secondary N) is 2. The number of aromatic nitrogens is 2.